The van der Waals surface area contributed by atoms with Crippen LogP contribution in [0.25, 0.3) is 0 Å². The van der Waals surface area contributed by atoms with Gasteiger partial charge in [0.05, 0.1) is 10.7 Å². The van der Waals surface area contributed by atoms with Gasteiger partial charge in [-0.1, -0.05) is 27.7 Å². The third-order valence-electron chi connectivity index (χ3n) is 3.82. The maximum absolute atomic E-state index is 5.87. The summed E-state index contributed by atoms with van der Waals surface area (Å²) >= 11 is 5.95. The molecule has 2 rings (SSSR count). The summed E-state index contributed by atoms with van der Waals surface area (Å²) in [4.78, 5) is 4.82. The Morgan fingerprint density at radius 1 is 1.38 bits per heavy atom. The van der Waals surface area contributed by atoms with Crippen molar-refractivity contribution in [2.75, 3.05) is 11.5 Å². The predicted octanol–water partition coefficient (Wildman–Crippen LogP) is 3.44. The highest BCUT2D eigenvalue weighted by Crippen LogP contribution is 2.36. The first kappa shape index (κ1) is 17.6. The number of aromatic nitrogens is 1. The molecule has 0 bridgehead atoms. The van der Waals surface area contributed by atoms with Crippen molar-refractivity contribution in [1.82, 2.24) is 10.4 Å². The molecular formula is C15H27N3S3. The van der Waals surface area contributed by atoms with Gasteiger partial charge in [-0.2, -0.15) is 23.5 Å². The quantitative estimate of drug-likeness (QED) is 0.632. The fourth-order valence-electron chi connectivity index (χ4n) is 2.52. The number of thiazole rings is 1. The van der Waals surface area contributed by atoms with E-state index in [1.165, 1.54) is 28.6 Å². The third-order valence-corrected chi connectivity index (χ3v) is 8.10. The van der Waals surface area contributed by atoms with Gasteiger partial charge in [-0.15, -0.1) is 11.3 Å². The van der Waals surface area contributed by atoms with Gasteiger partial charge in [-0.05, 0) is 6.42 Å². The molecule has 1 aliphatic rings. The summed E-state index contributed by atoms with van der Waals surface area (Å²) in [7, 11) is 0. The lowest BCUT2D eigenvalue weighted by Gasteiger charge is -2.35. The normalized spacial score (nSPS) is 25.0. The van der Waals surface area contributed by atoms with Gasteiger partial charge < -0.3 is 0 Å². The molecule has 6 heteroatoms. The minimum absolute atomic E-state index is 0.127. The molecule has 1 fully saturated rings. The van der Waals surface area contributed by atoms with Gasteiger partial charge in [0.15, 0.2) is 0 Å². The molecule has 0 aromatic carbocycles. The Morgan fingerprint density at radius 2 is 2.10 bits per heavy atom. The molecule has 3 unspecified atom stereocenters. The molecule has 120 valence electrons. The maximum atomic E-state index is 5.87. The van der Waals surface area contributed by atoms with Gasteiger partial charge in [-0.25, -0.2) is 4.98 Å². The molecule has 2 heterocycles. The number of nitrogens with one attached hydrogen (secondary N) is 1. The third kappa shape index (κ3) is 4.61. The second kappa shape index (κ2) is 7.68. The first-order valence-electron chi connectivity index (χ1n) is 7.60. The average Bonchev–Trinajstić information content (AvgIpc) is 2.93. The highest BCUT2D eigenvalue weighted by molar-refractivity contribution is 8.07. The fraction of sp³-hybridized carbons (Fsp3) is 0.800. The number of hydrogen-bond acceptors (Lipinski definition) is 6. The van der Waals surface area contributed by atoms with Crippen LogP contribution < -0.4 is 11.3 Å². The van der Waals surface area contributed by atoms with Gasteiger partial charge in [0.25, 0.3) is 0 Å². The number of hydrogen-bond donors (Lipinski definition) is 2. The molecule has 0 amide bonds. The zero-order valence-electron chi connectivity index (χ0n) is 13.4. The largest absolute Gasteiger partial charge is 0.271 e. The van der Waals surface area contributed by atoms with Crippen molar-refractivity contribution < 1.29 is 0 Å². The van der Waals surface area contributed by atoms with Crippen LogP contribution >= 0.6 is 34.9 Å². The van der Waals surface area contributed by atoms with E-state index in [9.17, 15) is 0 Å². The van der Waals surface area contributed by atoms with Crippen molar-refractivity contribution in [3.05, 3.63) is 16.1 Å². The summed E-state index contributed by atoms with van der Waals surface area (Å²) in [5.41, 5.74) is 4.38. The number of nitrogens with zero attached hydrogens (tertiary/aromatic N) is 1. The summed E-state index contributed by atoms with van der Waals surface area (Å²) in [6.07, 6.45) is 2.15. The predicted molar refractivity (Wildman–Crippen MR) is 98.4 cm³/mol. The van der Waals surface area contributed by atoms with Crippen molar-refractivity contribution in [2.24, 2.45) is 5.84 Å². The molecule has 3 N–H and O–H groups in total. The number of thioether (sulfide) groups is 2. The van der Waals surface area contributed by atoms with Crippen LogP contribution in [0.3, 0.4) is 0 Å². The number of nitrogens with two attached hydrogens (primary N) is 1. The van der Waals surface area contributed by atoms with Crippen molar-refractivity contribution >= 4 is 34.9 Å². The highest BCUT2D eigenvalue weighted by atomic mass is 32.2. The summed E-state index contributed by atoms with van der Waals surface area (Å²) in [6, 6.07) is 0.312. The Labute approximate surface area is 141 Å². The van der Waals surface area contributed by atoms with Crippen molar-refractivity contribution in [3.8, 4) is 0 Å². The fourth-order valence-corrected chi connectivity index (χ4v) is 6.84. The van der Waals surface area contributed by atoms with Gasteiger partial charge >= 0.3 is 0 Å². The second-order valence-electron chi connectivity index (χ2n) is 6.51. The van der Waals surface area contributed by atoms with Crippen LogP contribution in [0.1, 0.15) is 44.8 Å². The summed E-state index contributed by atoms with van der Waals surface area (Å²) in [5.74, 6) is 8.36. The highest BCUT2D eigenvalue weighted by Gasteiger charge is 2.32. The van der Waals surface area contributed by atoms with E-state index in [0.29, 0.717) is 16.5 Å². The molecule has 0 radical (unpaired) electrons. The first-order valence-corrected chi connectivity index (χ1v) is 10.6. The minimum atomic E-state index is 0.127. The Morgan fingerprint density at radius 3 is 2.67 bits per heavy atom. The van der Waals surface area contributed by atoms with Gasteiger partial charge in [0, 0.05) is 45.3 Å². The van der Waals surface area contributed by atoms with E-state index >= 15 is 0 Å². The lowest BCUT2D eigenvalue weighted by molar-refractivity contribution is 0.487. The molecule has 1 aromatic rings. The van der Waals surface area contributed by atoms with Gasteiger partial charge in [-0.3, -0.25) is 11.3 Å². The first-order chi connectivity index (χ1) is 9.95. The molecule has 3 atom stereocenters. The van der Waals surface area contributed by atoms with Crippen LogP contribution in [-0.4, -0.2) is 33.0 Å². The van der Waals surface area contributed by atoms with E-state index in [1.807, 2.05) is 0 Å². The lowest BCUT2D eigenvalue weighted by Crippen LogP contribution is -2.49. The van der Waals surface area contributed by atoms with Crippen LogP contribution in [-0.2, 0) is 11.8 Å². The molecule has 1 aromatic heterocycles. The van der Waals surface area contributed by atoms with E-state index in [2.05, 4.69) is 62.0 Å². The van der Waals surface area contributed by atoms with E-state index < -0.39 is 0 Å². The van der Waals surface area contributed by atoms with Crippen LogP contribution in [0.5, 0.6) is 0 Å². The zero-order chi connectivity index (χ0) is 15.5. The van der Waals surface area contributed by atoms with Gasteiger partial charge in [0.2, 0.25) is 0 Å². The Kier molecular flexibility index (Phi) is 6.44. The molecule has 1 aliphatic heterocycles. The van der Waals surface area contributed by atoms with Gasteiger partial charge in [0.1, 0.15) is 0 Å². The van der Waals surface area contributed by atoms with Crippen LogP contribution in [0.15, 0.2) is 5.38 Å². The zero-order valence-corrected chi connectivity index (χ0v) is 15.8. The number of hydrazine groups is 1. The average molecular weight is 346 g/mol. The standard InChI is InChI=1S/C15H27N3S3/c1-5-11-14(20-7-6-19-11)10(18-16)8-13-17-12(9-21-13)15(2,3)4/h9-11,14,18H,5-8,16H2,1-4H3. The minimum Gasteiger partial charge on any atom is -0.271 e. The molecule has 1 saturated heterocycles. The van der Waals surface area contributed by atoms with E-state index in [-0.39, 0.29) is 5.41 Å². The molecular weight excluding hydrogens is 318 g/mol. The maximum Gasteiger partial charge on any atom is 0.0945 e. The second-order valence-corrected chi connectivity index (χ2v) is 10.1. The monoisotopic (exact) mass is 345 g/mol. The van der Waals surface area contributed by atoms with E-state index in [0.717, 1.165) is 6.42 Å². The smallest absolute Gasteiger partial charge is 0.0945 e. The van der Waals surface area contributed by atoms with Crippen LogP contribution in [0.4, 0.5) is 0 Å². The van der Waals surface area contributed by atoms with Crippen LogP contribution in [0.2, 0.25) is 0 Å². The molecule has 0 aliphatic carbocycles. The molecule has 0 spiro atoms. The summed E-state index contributed by atoms with van der Waals surface area (Å²) in [5, 5.41) is 4.68. The molecule has 0 saturated carbocycles. The topological polar surface area (TPSA) is 50.9 Å². The Hall–Kier alpha value is 0.250. The van der Waals surface area contributed by atoms with E-state index in [1.54, 1.807) is 11.3 Å². The van der Waals surface area contributed by atoms with Crippen molar-refractivity contribution in [2.45, 2.75) is 62.5 Å². The van der Waals surface area contributed by atoms with Crippen molar-refractivity contribution in [3.63, 3.8) is 0 Å². The Balaban J connectivity index is 2.06. The van der Waals surface area contributed by atoms with Crippen LogP contribution in [0, 0.1) is 0 Å². The molecule has 21 heavy (non-hydrogen) atoms. The van der Waals surface area contributed by atoms with Crippen molar-refractivity contribution in [1.29, 1.82) is 0 Å². The Bertz CT molecular complexity index is 442. The van der Waals surface area contributed by atoms with E-state index in [4.69, 9.17) is 10.8 Å². The summed E-state index contributed by atoms with van der Waals surface area (Å²) in [6.45, 7) is 8.92. The lowest BCUT2D eigenvalue weighted by atomic mass is 9.93. The number of rotatable bonds is 5. The summed E-state index contributed by atoms with van der Waals surface area (Å²) < 4.78 is 0. The SMILES string of the molecule is CCC1SCCSC1C(Cc1nc(C(C)(C)C)cs1)NN. The molecule has 3 nitrogen and oxygen atoms in total.